The minimum absolute atomic E-state index is 0.00147. The number of fused-ring (bicyclic) bond motifs is 1. The Bertz CT molecular complexity index is 813. The van der Waals surface area contributed by atoms with Crippen LogP contribution in [0.3, 0.4) is 0 Å². The smallest absolute Gasteiger partial charge is 0.315 e. The minimum atomic E-state index is -0.0516. The van der Waals surface area contributed by atoms with E-state index < -0.39 is 0 Å². The van der Waals surface area contributed by atoms with E-state index >= 15 is 0 Å². The fraction of sp³-hybridized carbons (Fsp3) is 0.444. The maximum Gasteiger partial charge on any atom is 0.315 e. The summed E-state index contributed by atoms with van der Waals surface area (Å²) in [5, 5.41) is 11.8. The first-order chi connectivity index (χ1) is 13.2. The van der Waals surface area contributed by atoms with Gasteiger partial charge in [0.05, 0.1) is 17.8 Å². The van der Waals surface area contributed by atoms with Crippen LogP contribution < -0.4 is 16.0 Å². The SMILES string of the molecule is O=C(CCCC[C@@H]1SC[C@@H]2NC(=O)N[C@H]21)Nc1nc(-c2ccncc2)cs1. The number of thioether (sulfide) groups is 1. The lowest BCUT2D eigenvalue weighted by Crippen LogP contribution is -2.36. The first kappa shape index (κ1) is 18.2. The van der Waals surface area contributed by atoms with E-state index in [-0.39, 0.29) is 24.0 Å². The van der Waals surface area contributed by atoms with Crippen LogP contribution in [0.5, 0.6) is 0 Å². The molecule has 142 valence electrons. The summed E-state index contributed by atoms with van der Waals surface area (Å²) in [5.41, 5.74) is 1.83. The number of aromatic nitrogens is 2. The molecule has 0 aliphatic carbocycles. The van der Waals surface area contributed by atoms with Crippen molar-refractivity contribution in [2.45, 2.75) is 43.0 Å². The number of pyridine rings is 1. The fourth-order valence-electron chi connectivity index (χ4n) is 3.44. The Balaban J connectivity index is 1.18. The number of hydrogen-bond acceptors (Lipinski definition) is 6. The van der Waals surface area contributed by atoms with Gasteiger partial charge in [-0.1, -0.05) is 6.42 Å². The van der Waals surface area contributed by atoms with Gasteiger partial charge >= 0.3 is 6.03 Å². The summed E-state index contributed by atoms with van der Waals surface area (Å²) in [6.45, 7) is 0. The Morgan fingerprint density at radius 3 is 2.96 bits per heavy atom. The molecular weight excluding hydrogens is 382 g/mol. The highest BCUT2D eigenvalue weighted by atomic mass is 32.2. The lowest BCUT2D eigenvalue weighted by molar-refractivity contribution is -0.116. The highest BCUT2D eigenvalue weighted by molar-refractivity contribution is 8.00. The van der Waals surface area contributed by atoms with Gasteiger partial charge in [0.25, 0.3) is 0 Å². The second-order valence-electron chi connectivity index (χ2n) is 6.69. The van der Waals surface area contributed by atoms with Gasteiger partial charge in [-0.2, -0.15) is 11.8 Å². The molecule has 3 N–H and O–H groups in total. The summed E-state index contributed by atoms with van der Waals surface area (Å²) in [4.78, 5) is 32.0. The van der Waals surface area contributed by atoms with Crippen molar-refractivity contribution in [3.8, 4) is 11.3 Å². The maximum atomic E-state index is 12.2. The Hall–Kier alpha value is -2.13. The molecule has 4 rings (SSSR count). The number of unbranched alkanes of at least 4 members (excludes halogenated alkanes) is 1. The first-order valence-corrected chi connectivity index (χ1v) is 11.0. The van der Waals surface area contributed by atoms with Crippen LogP contribution in [0.1, 0.15) is 25.7 Å². The summed E-state index contributed by atoms with van der Waals surface area (Å²) in [5.74, 6) is 0.969. The van der Waals surface area contributed by atoms with E-state index in [4.69, 9.17) is 0 Å². The van der Waals surface area contributed by atoms with Crippen LogP contribution in [0.4, 0.5) is 9.93 Å². The van der Waals surface area contributed by atoms with Crippen LogP contribution in [-0.2, 0) is 4.79 Å². The van der Waals surface area contributed by atoms with E-state index in [0.717, 1.165) is 36.3 Å². The summed E-state index contributed by atoms with van der Waals surface area (Å²) < 4.78 is 0. The average molecular weight is 404 g/mol. The number of thiazole rings is 1. The molecule has 0 bridgehead atoms. The number of nitrogens with zero attached hydrogens (tertiary/aromatic N) is 2. The van der Waals surface area contributed by atoms with Gasteiger partial charge in [-0.25, -0.2) is 9.78 Å². The fourth-order valence-corrected chi connectivity index (χ4v) is 5.72. The normalized spacial score (nSPS) is 23.6. The second-order valence-corrected chi connectivity index (χ2v) is 8.82. The molecule has 2 aliphatic rings. The van der Waals surface area contributed by atoms with Crippen molar-refractivity contribution in [3.63, 3.8) is 0 Å². The second kappa shape index (κ2) is 8.26. The highest BCUT2D eigenvalue weighted by Crippen LogP contribution is 2.33. The lowest BCUT2D eigenvalue weighted by atomic mass is 10.0. The van der Waals surface area contributed by atoms with Gasteiger partial charge in [-0.05, 0) is 25.0 Å². The van der Waals surface area contributed by atoms with Gasteiger partial charge in [0.1, 0.15) is 0 Å². The predicted octanol–water partition coefficient (Wildman–Crippen LogP) is 2.87. The number of nitrogens with one attached hydrogen (secondary N) is 3. The van der Waals surface area contributed by atoms with Crippen LogP contribution in [0.2, 0.25) is 0 Å². The molecule has 2 fully saturated rings. The molecule has 2 aromatic rings. The summed E-state index contributed by atoms with van der Waals surface area (Å²) in [7, 11) is 0. The van der Waals surface area contributed by atoms with Gasteiger partial charge in [0.2, 0.25) is 5.91 Å². The number of urea groups is 1. The molecule has 0 spiro atoms. The number of amides is 3. The van der Waals surface area contributed by atoms with Crippen LogP contribution in [0.15, 0.2) is 29.9 Å². The molecule has 2 aliphatic heterocycles. The van der Waals surface area contributed by atoms with Crippen LogP contribution in [0, 0.1) is 0 Å². The average Bonchev–Trinajstić information content (AvgIpc) is 3.36. The quantitative estimate of drug-likeness (QED) is 0.488. The molecule has 0 radical (unpaired) electrons. The van der Waals surface area contributed by atoms with Crippen molar-refractivity contribution in [1.82, 2.24) is 20.6 Å². The monoisotopic (exact) mass is 403 g/mol. The largest absolute Gasteiger partial charge is 0.332 e. The molecule has 2 saturated heterocycles. The van der Waals surface area contributed by atoms with Crippen molar-refractivity contribution in [2.24, 2.45) is 0 Å². The number of hydrogen-bond donors (Lipinski definition) is 3. The van der Waals surface area contributed by atoms with E-state index in [9.17, 15) is 9.59 Å². The molecule has 2 aromatic heterocycles. The van der Waals surface area contributed by atoms with Crippen molar-refractivity contribution >= 4 is 40.2 Å². The third-order valence-electron chi connectivity index (χ3n) is 4.81. The van der Waals surface area contributed by atoms with E-state index in [1.165, 1.54) is 11.3 Å². The van der Waals surface area contributed by atoms with Gasteiger partial charge in [0, 0.05) is 40.8 Å². The minimum Gasteiger partial charge on any atom is -0.332 e. The molecule has 3 atom stereocenters. The first-order valence-electron chi connectivity index (χ1n) is 9.03. The van der Waals surface area contributed by atoms with Crippen LogP contribution in [-0.4, -0.2) is 45.0 Å². The zero-order valence-electron chi connectivity index (χ0n) is 14.7. The molecule has 3 amide bonds. The van der Waals surface area contributed by atoms with E-state index in [1.807, 2.05) is 29.3 Å². The predicted molar refractivity (Wildman–Crippen MR) is 108 cm³/mol. The molecule has 0 unspecified atom stereocenters. The number of carbonyl (C=O) groups excluding carboxylic acids is 2. The molecule has 27 heavy (non-hydrogen) atoms. The molecule has 4 heterocycles. The summed E-state index contributed by atoms with van der Waals surface area (Å²) >= 11 is 3.34. The summed E-state index contributed by atoms with van der Waals surface area (Å²) in [6.07, 6.45) is 6.77. The van der Waals surface area contributed by atoms with E-state index in [0.29, 0.717) is 16.8 Å². The molecule has 7 nitrogen and oxygen atoms in total. The molecule has 0 aromatic carbocycles. The van der Waals surface area contributed by atoms with Crippen molar-refractivity contribution in [3.05, 3.63) is 29.9 Å². The Morgan fingerprint density at radius 1 is 1.26 bits per heavy atom. The van der Waals surface area contributed by atoms with Crippen molar-refractivity contribution < 1.29 is 9.59 Å². The van der Waals surface area contributed by atoms with Gasteiger partial charge in [0.15, 0.2) is 5.13 Å². The van der Waals surface area contributed by atoms with E-state index in [2.05, 4.69) is 25.9 Å². The van der Waals surface area contributed by atoms with Crippen molar-refractivity contribution in [2.75, 3.05) is 11.1 Å². The van der Waals surface area contributed by atoms with Crippen LogP contribution >= 0.6 is 23.1 Å². The Kier molecular flexibility index (Phi) is 5.58. The van der Waals surface area contributed by atoms with Gasteiger partial charge in [-0.15, -0.1) is 11.3 Å². The zero-order valence-corrected chi connectivity index (χ0v) is 16.3. The van der Waals surface area contributed by atoms with Crippen molar-refractivity contribution in [1.29, 1.82) is 0 Å². The number of anilines is 1. The molecular formula is C18H21N5O2S2. The molecule has 9 heteroatoms. The highest BCUT2D eigenvalue weighted by Gasteiger charge is 2.42. The lowest BCUT2D eigenvalue weighted by Gasteiger charge is -2.16. The number of carbonyl (C=O) groups is 2. The summed E-state index contributed by atoms with van der Waals surface area (Å²) in [6, 6.07) is 4.24. The maximum absolute atomic E-state index is 12.2. The van der Waals surface area contributed by atoms with Crippen LogP contribution in [0.25, 0.3) is 11.3 Å². The molecule has 0 saturated carbocycles. The third-order valence-corrected chi connectivity index (χ3v) is 7.07. The standard InChI is InChI=1S/C18H21N5O2S2/c24-15(22-18-21-12(9-27-18)11-5-7-19-8-6-11)4-2-1-3-14-16-13(10-26-14)20-17(25)23-16/h5-9,13-14,16H,1-4,10H2,(H2,20,23,25)(H,21,22,24)/t13-,14-,16+/m0/s1. The van der Waals surface area contributed by atoms with E-state index in [1.54, 1.807) is 12.4 Å². The van der Waals surface area contributed by atoms with Gasteiger partial charge in [-0.3, -0.25) is 9.78 Å². The number of rotatable bonds is 7. The topological polar surface area (TPSA) is 96.0 Å². The Morgan fingerprint density at radius 2 is 2.11 bits per heavy atom. The Labute approximate surface area is 165 Å². The zero-order chi connectivity index (χ0) is 18.6. The van der Waals surface area contributed by atoms with Gasteiger partial charge < -0.3 is 16.0 Å². The third kappa shape index (κ3) is 4.41.